The number of anilines is 2. The SMILES string of the molecule is CCOc1cc(N2CCOCC2)c(OCC)cc1NC(=O)c1csc(-c2ccccc2OC)n1. The highest BCUT2D eigenvalue weighted by molar-refractivity contribution is 7.13. The van der Waals surface area contributed by atoms with E-state index in [1.807, 2.05) is 50.2 Å². The van der Waals surface area contributed by atoms with Gasteiger partial charge in [0.05, 0.1) is 50.5 Å². The van der Waals surface area contributed by atoms with Gasteiger partial charge < -0.3 is 29.2 Å². The van der Waals surface area contributed by atoms with Gasteiger partial charge in [0.2, 0.25) is 0 Å². The van der Waals surface area contributed by atoms with Crippen molar-refractivity contribution < 1.29 is 23.7 Å². The summed E-state index contributed by atoms with van der Waals surface area (Å²) < 4.78 is 22.7. The molecule has 1 fully saturated rings. The predicted molar refractivity (Wildman–Crippen MR) is 134 cm³/mol. The summed E-state index contributed by atoms with van der Waals surface area (Å²) in [6, 6.07) is 11.4. The number of hydrogen-bond acceptors (Lipinski definition) is 8. The molecule has 0 atom stereocenters. The third-order valence-corrected chi connectivity index (χ3v) is 6.21. The molecule has 4 rings (SSSR count). The van der Waals surface area contributed by atoms with Crippen LogP contribution in [0.5, 0.6) is 17.2 Å². The van der Waals surface area contributed by atoms with E-state index >= 15 is 0 Å². The summed E-state index contributed by atoms with van der Waals surface area (Å²) in [5, 5.41) is 5.41. The Balaban J connectivity index is 1.62. The van der Waals surface area contributed by atoms with Crippen molar-refractivity contribution in [3.63, 3.8) is 0 Å². The molecule has 0 radical (unpaired) electrons. The Morgan fingerprint density at radius 1 is 1.09 bits per heavy atom. The maximum Gasteiger partial charge on any atom is 0.275 e. The molecule has 0 aliphatic carbocycles. The van der Waals surface area contributed by atoms with Gasteiger partial charge in [-0.1, -0.05) is 12.1 Å². The van der Waals surface area contributed by atoms with Crippen molar-refractivity contribution in [3.05, 3.63) is 47.5 Å². The van der Waals surface area contributed by atoms with Crippen LogP contribution in [0.2, 0.25) is 0 Å². The van der Waals surface area contributed by atoms with Gasteiger partial charge in [-0.15, -0.1) is 11.3 Å². The van der Waals surface area contributed by atoms with Crippen LogP contribution in [0, 0.1) is 0 Å². The van der Waals surface area contributed by atoms with Crippen LogP contribution in [0.1, 0.15) is 24.3 Å². The van der Waals surface area contributed by atoms with Crippen LogP contribution in [0.25, 0.3) is 10.6 Å². The van der Waals surface area contributed by atoms with Gasteiger partial charge in [0, 0.05) is 30.6 Å². The Kier molecular flexibility index (Phi) is 7.87. The number of morpholine rings is 1. The van der Waals surface area contributed by atoms with Crippen molar-refractivity contribution in [1.29, 1.82) is 0 Å². The average Bonchev–Trinajstić information content (AvgIpc) is 3.36. The summed E-state index contributed by atoms with van der Waals surface area (Å²) in [4.78, 5) is 19.9. The molecule has 2 heterocycles. The fourth-order valence-corrected chi connectivity index (χ4v) is 4.58. The molecule has 1 aliphatic heterocycles. The zero-order chi connectivity index (χ0) is 23.9. The minimum absolute atomic E-state index is 0.320. The lowest BCUT2D eigenvalue weighted by atomic mass is 10.2. The molecule has 3 aromatic rings. The highest BCUT2D eigenvalue weighted by atomic mass is 32.1. The zero-order valence-corrected chi connectivity index (χ0v) is 20.4. The molecule has 2 aromatic carbocycles. The van der Waals surface area contributed by atoms with Gasteiger partial charge in [-0.05, 0) is 26.0 Å². The number of amides is 1. The van der Waals surface area contributed by atoms with E-state index < -0.39 is 0 Å². The summed E-state index contributed by atoms with van der Waals surface area (Å²) in [5.74, 6) is 1.67. The van der Waals surface area contributed by atoms with Crippen molar-refractivity contribution in [2.45, 2.75) is 13.8 Å². The number of aromatic nitrogens is 1. The first-order valence-electron chi connectivity index (χ1n) is 11.3. The molecular formula is C25H29N3O5S. The monoisotopic (exact) mass is 483 g/mol. The lowest BCUT2D eigenvalue weighted by Crippen LogP contribution is -2.36. The number of benzene rings is 2. The van der Waals surface area contributed by atoms with Gasteiger partial charge in [-0.25, -0.2) is 4.98 Å². The number of thiazole rings is 1. The summed E-state index contributed by atoms with van der Waals surface area (Å²) in [7, 11) is 1.62. The second kappa shape index (κ2) is 11.2. The third kappa shape index (κ3) is 5.26. The van der Waals surface area contributed by atoms with E-state index in [1.165, 1.54) is 11.3 Å². The molecule has 34 heavy (non-hydrogen) atoms. The van der Waals surface area contributed by atoms with Gasteiger partial charge in [-0.2, -0.15) is 0 Å². The van der Waals surface area contributed by atoms with Crippen LogP contribution in [0.4, 0.5) is 11.4 Å². The summed E-state index contributed by atoms with van der Waals surface area (Å²) in [5.41, 5.74) is 2.64. The summed E-state index contributed by atoms with van der Waals surface area (Å²) >= 11 is 1.39. The molecule has 1 N–H and O–H groups in total. The average molecular weight is 484 g/mol. The highest BCUT2D eigenvalue weighted by Crippen LogP contribution is 2.40. The number of hydrogen-bond donors (Lipinski definition) is 1. The van der Waals surface area contributed by atoms with E-state index in [2.05, 4.69) is 15.2 Å². The van der Waals surface area contributed by atoms with Gasteiger partial charge in [0.15, 0.2) is 0 Å². The van der Waals surface area contributed by atoms with E-state index in [1.54, 1.807) is 12.5 Å². The zero-order valence-electron chi connectivity index (χ0n) is 19.6. The largest absolute Gasteiger partial charge is 0.496 e. The van der Waals surface area contributed by atoms with Crippen molar-refractivity contribution >= 4 is 28.6 Å². The van der Waals surface area contributed by atoms with Gasteiger partial charge >= 0.3 is 0 Å². The van der Waals surface area contributed by atoms with E-state index in [-0.39, 0.29) is 5.91 Å². The lowest BCUT2D eigenvalue weighted by Gasteiger charge is -2.31. The highest BCUT2D eigenvalue weighted by Gasteiger charge is 2.22. The third-order valence-electron chi connectivity index (χ3n) is 5.34. The molecule has 0 bridgehead atoms. The molecule has 0 unspecified atom stereocenters. The van der Waals surface area contributed by atoms with Crippen molar-refractivity contribution in [2.24, 2.45) is 0 Å². The van der Waals surface area contributed by atoms with Gasteiger partial charge in [0.25, 0.3) is 5.91 Å². The molecule has 8 nitrogen and oxygen atoms in total. The van der Waals surface area contributed by atoms with Crippen molar-refractivity contribution in [1.82, 2.24) is 4.98 Å². The Bertz CT molecular complexity index is 1130. The van der Waals surface area contributed by atoms with Gasteiger partial charge in [-0.3, -0.25) is 4.79 Å². The molecule has 180 valence electrons. The second-order valence-electron chi connectivity index (χ2n) is 7.47. The van der Waals surface area contributed by atoms with Crippen LogP contribution in [0.3, 0.4) is 0 Å². The minimum atomic E-state index is -0.320. The molecule has 1 aliphatic rings. The predicted octanol–water partition coefficient (Wildman–Crippen LogP) is 4.71. The molecular weight excluding hydrogens is 454 g/mol. The Morgan fingerprint density at radius 2 is 1.82 bits per heavy atom. The number of ether oxygens (including phenoxy) is 4. The van der Waals surface area contributed by atoms with E-state index in [0.29, 0.717) is 60.1 Å². The minimum Gasteiger partial charge on any atom is -0.496 e. The normalized spacial score (nSPS) is 13.4. The van der Waals surface area contributed by atoms with E-state index in [4.69, 9.17) is 18.9 Å². The number of carbonyl (C=O) groups excluding carboxylic acids is 1. The van der Waals surface area contributed by atoms with Crippen LogP contribution >= 0.6 is 11.3 Å². The van der Waals surface area contributed by atoms with Crippen LogP contribution in [-0.4, -0.2) is 57.5 Å². The van der Waals surface area contributed by atoms with Crippen LogP contribution in [0.15, 0.2) is 41.8 Å². The molecule has 1 saturated heterocycles. The van der Waals surface area contributed by atoms with Crippen molar-refractivity contribution in [2.75, 3.05) is 56.8 Å². The number of carbonyl (C=O) groups is 1. The standard InChI is InChI=1S/C25H29N3O5S/c1-4-32-22-15-20(28-10-12-31-13-11-28)23(33-5-2)14-18(22)26-24(29)19-16-34-25(27-19)17-8-6-7-9-21(17)30-3/h6-9,14-16H,4-5,10-13H2,1-3H3,(H,26,29). The first-order valence-corrected chi connectivity index (χ1v) is 12.2. The first-order chi connectivity index (χ1) is 16.6. The second-order valence-corrected chi connectivity index (χ2v) is 8.33. The number of nitrogens with zero attached hydrogens (tertiary/aromatic N) is 2. The van der Waals surface area contributed by atoms with E-state index in [9.17, 15) is 4.79 Å². The quantitative estimate of drug-likeness (QED) is 0.472. The fourth-order valence-electron chi connectivity index (χ4n) is 3.75. The Labute approximate surface area is 203 Å². The number of nitrogens with one attached hydrogen (secondary N) is 1. The van der Waals surface area contributed by atoms with Gasteiger partial charge in [0.1, 0.15) is 28.0 Å². The molecule has 1 aromatic heterocycles. The first kappa shape index (κ1) is 23.8. The maximum atomic E-state index is 13.1. The fraction of sp³-hybridized carbons (Fsp3) is 0.360. The molecule has 0 saturated carbocycles. The van der Waals surface area contributed by atoms with Crippen LogP contribution in [-0.2, 0) is 4.74 Å². The Morgan fingerprint density at radius 3 is 2.56 bits per heavy atom. The topological polar surface area (TPSA) is 82.2 Å². The van der Waals surface area contributed by atoms with Crippen molar-refractivity contribution in [3.8, 4) is 27.8 Å². The summed E-state index contributed by atoms with van der Waals surface area (Å²) in [6.07, 6.45) is 0. The smallest absolute Gasteiger partial charge is 0.275 e. The molecule has 1 amide bonds. The van der Waals surface area contributed by atoms with Crippen LogP contribution < -0.4 is 24.4 Å². The Hall–Kier alpha value is -3.30. The maximum absolute atomic E-state index is 13.1. The molecule has 9 heteroatoms. The number of para-hydroxylation sites is 1. The summed E-state index contributed by atoms with van der Waals surface area (Å²) in [6.45, 7) is 7.67. The lowest BCUT2D eigenvalue weighted by molar-refractivity contribution is 0.102. The molecule has 0 spiro atoms. The van der Waals surface area contributed by atoms with E-state index in [0.717, 1.165) is 24.3 Å². The number of methoxy groups -OCH3 is 1. The number of rotatable bonds is 9.